The van der Waals surface area contributed by atoms with Crippen molar-refractivity contribution in [2.45, 2.75) is 26.3 Å². The van der Waals surface area contributed by atoms with Gasteiger partial charge in [0.15, 0.2) is 0 Å². The number of aryl methyl sites for hydroxylation is 2. The van der Waals surface area contributed by atoms with E-state index in [1.165, 1.54) is 36.5 Å². The molecule has 0 saturated carbocycles. The van der Waals surface area contributed by atoms with Gasteiger partial charge in [0.1, 0.15) is 17.3 Å². The molecule has 3 aromatic rings. The van der Waals surface area contributed by atoms with Crippen LogP contribution in [0.1, 0.15) is 28.2 Å². The van der Waals surface area contributed by atoms with Gasteiger partial charge in [-0.3, -0.25) is 9.78 Å². The molecule has 0 N–H and O–H groups in total. The van der Waals surface area contributed by atoms with Gasteiger partial charge in [-0.2, -0.15) is 0 Å². The van der Waals surface area contributed by atoms with Gasteiger partial charge in [-0.1, -0.05) is 0 Å². The number of fused-ring (bicyclic) bond motifs is 1. The molecule has 2 aliphatic heterocycles. The lowest BCUT2D eigenvalue weighted by atomic mass is 9.82. The minimum atomic E-state index is -0.552. The lowest BCUT2D eigenvalue weighted by molar-refractivity contribution is 0.0589. The molecule has 1 amide bonds. The third-order valence-electron chi connectivity index (χ3n) is 6.29. The number of hydrogen-bond donors (Lipinski definition) is 0. The van der Waals surface area contributed by atoms with Crippen LogP contribution in [0.25, 0.3) is 11.3 Å². The van der Waals surface area contributed by atoms with Crippen LogP contribution in [0.3, 0.4) is 0 Å². The van der Waals surface area contributed by atoms with Crippen LogP contribution in [0, 0.1) is 31.4 Å². The molecule has 5 rings (SSSR count). The van der Waals surface area contributed by atoms with Crippen molar-refractivity contribution in [3.05, 3.63) is 71.2 Å². The number of rotatable bonds is 3. The summed E-state index contributed by atoms with van der Waals surface area (Å²) in [5.74, 6) is -0.277. The number of nitrogens with zero attached hydrogens (tertiary/aromatic N) is 5. The number of carbonyl (C=O) groups excluding carboxylic acids is 1. The van der Waals surface area contributed by atoms with Gasteiger partial charge in [-0.25, -0.2) is 18.7 Å². The first kappa shape index (κ1) is 20.5. The minimum absolute atomic E-state index is 0.0413. The molecule has 0 spiro atoms. The second-order valence-electron chi connectivity index (χ2n) is 8.49. The van der Waals surface area contributed by atoms with Crippen molar-refractivity contribution in [1.82, 2.24) is 19.9 Å². The SMILES string of the molecule is Cc1cc(C)nc(N2CC3CCN(C(=O)c4cc(F)ccc4-c4ncccc4F)CC32)n1. The van der Waals surface area contributed by atoms with Crippen LogP contribution in [-0.2, 0) is 0 Å². The minimum Gasteiger partial charge on any atom is -0.337 e. The molecule has 2 saturated heterocycles. The first-order valence-electron chi connectivity index (χ1n) is 10.7. The first-order valence-corrected chi connectivity index (χ1v) is 10.7. The number of benzene rings is 1. The van der Waals surface area contributed by atoms with Crippen LogP contribution in [0.5, 0.6) is 0 Å². The Labute approximate surface area is 184 Å². The van der Waals surface area contributed by atoms with E-state index in [2.05, 4.69) is 19.9 Å². The van der Waals surface area contributed by atoms with Crippen molar-refractivity contribution in [2.75, 3.05) is 24.5 Å². The monoisotopic (exact) mass is 435 g/mol. The van der Waals surface area contributed by atoms with Gasteiger partial charge < -0.3 is 9.80 Å². The molecule has 2 aliphatic rings. The molecule has 0 radical (unpaired) electrons. The van der Waals surface area contributed by atoms with E-state index in [-0.39, 0.29) is 23.2 Å². The van der Waals surface area contributed by atoms with Crippen molar-refractivity contribution < 1.29 is 13.6 Å². The van der Waals surface area contributed by atoms with Gasteiger partial charge in [0, 0.05) is 48.7 Å². The third-order valence-corrected chi connectivity index (χ3v) is 6.29. The van der Waals surface area contributed by atoms with E-state index in [9.17, 15) is 13.6 Å². The standard InChI is InChI=1S/C24H23F2N5O/c1-14-10-15(2)29-24(28-14)31-12-16-7-9-30(13-21(16)31)23(32)19-11-17(25)5-6-18(19)22-20(26)4-3-8-27-22/h3-6,8,10-11,16,21H,7,9,12-13H2,1-2H3. The summed E-state index contributed by atoms with van der Waals surface area (Å²) >= 11 is 0. The summed E-state index contributed by atoms with van der Waals surface area (Å²) in [5.41, 5.74) is 2.26. The van der Waals surface area contributed by atoms with E-state index in [1.54, 1.807) is 4.90 Å². The second kappa shape index (κ2) is 7.93. The summed E-state index contributed by atoms with van der Waals surface area (Å²) in [6, 6.07) is 8.61. The van der Waals surface area contributed by atoms with Crippen molar-refractivity contribution in [1.29, 1.82) is 0 Å². The molecule has 6 nitrogen and oxygen atoms in total. The Hall–Kier alpha value is -3.42. The molecular formula is C24H23F2N5O. The Kier molecular flexibility index (Phi) is 5.07. The highest BCUT2D eigenvalue weighted by molar-refractivity contribution is 6.00. The quantitative estimate of drug-likeness (QED) is 0.627. The zero-order valence-corrected chi connectivity index (χ0v) is 17.9. The first-order chi connectivity index (χ1) is 15.4. The Morgan fingerprint density at radius 1 is 1.06 bits per heavy atom. The fraction of sp³-hybridized carbons (Fsp3) is 0.333. The molecule has 8 heteroatoms. The molecule has 2 aromatic heterocycles. The number of pyridine rings is 1. The lowest BCUT2D eigenvalue weighted by Gasteiger charge is -2.53. The van der Waals surface area contributed by atoms with Gasteiger partial charge in [-0.15, -0.1) is 0 Å². The highest BCUT2D eigenvalue weighted by atomic mass is 19.1. The zero-order chi connectivity index (χ0) is 22.4. The molecular weight excluding hydrogens is 412 g/mol. The highest BCUT2D eigenvalue weighted by Gasteiger charge is 2.45. The normalized spacial score (nSPS) is 20.0. The zero-order valence-electron chi connectivity index (χ0n) is 17.9. The van der Waals surface area contributed by atoms with E-state index in [4.69, 9.17) is 0 Å². The topological polar surface area (TPSA) is 62.2 Å². The molecule has 0 aliphatic carbocycles. The Morgan fingerprint density at radius 3 is 2.59 bits per heavy atom. The Morgan fingerprint density at radius 2 is 1.84 bits per heavy atom. The molecule has 0 bridgehead atoms. The van der Waals surface area contributed by atoms with Crippen LogP contribution in [0.15, 0.2) is 42.6 Å². The maximum Gasteiger partial charge on any atom is 0.254 e. The fourth-order valence-corrected chi connectivity index (χ4v) is 4.70. The van der Waals surface area contributed by atoms with E-state index in [0.717, 1.165) is 24.4 Å². The predicted molar refractivity (Wildman–Crippen MR) is 116 cm³/mol. The number of halogens is 2. The number of hydrogen-bond acceptors (Lipinski definition) is 5. The maximum absolute atomic E-state index is 14.4. The molecule has 164 valence electrons. The van der Waals surface area contributed by atoms with Crippen molar-refractivity contribution in [3.63, 3.8) is 0 Å². The highest BCUT2D eigenvalue weighted by Crippen LogP contribution is 2.36. The summed E-state index contributed by atoms with van der Waals surface area (Å²) in [5, 5.41) is 0. The summed E-state index contributed by atoms with van der Waals surface area (Å²) < 4.78 is 28.5. The van der Waals surface area contributed by atoms with E-state index in [0.29, 0.717) is 30.5 Å². The maximum atomic E-state index is 14.4. The number of carbonyl (C=O) groups is 1. The van der Waals surface area contributed by atoms with Crippen LogP contribution < -0.4 is 4.90 Å². The summed E-state index contributed by atoms with van der Waals surface area (Å²) in [7, 11) is 0. The Balaban J connectivity index is 1.42. The van der Waals surface area contributed by atoms with Crippen LogP contribution in [-0.4, -0.2) is 51.4 Å². The largest absolute Gasteiger partial charge is 0.337 e. The van der Waals surface area contributed by atoms with Gasteiger partial charge in [0.05, 0.1) is 11.6 Å². The molecule has 32 heavy (non-hydrogen) atoms. The number of likely N-dealkylation sites (tertiary alicyclic amines) is 1. The smallest absolute Gasteiger partial charge is 0.254 e. The summed E-state index contributed by atoms with van der Waals surface area (Å²) in [6.07, 6.45) is 2.30. The lowest BCUT2D eigenvalue weighted by Crippen LogP contribution is -2.65. The number of amides is 1. The van der Waals surface area contributed by atoms with Crippen molar-refractivity contribution >= 4 is 11.9 Å². The predicted octanol–water partition coefficient (Wildman–Crippen LogP) is 3.78. The van der Waals surface area contributed by atoms with E-state index in [1.807, 2.05) is 19.9 Å². The van der Waals surface area contributed by atoms with Crippen molar-refractivity contribution in [2.24, 2.45) is 5.92 Å². The summed E-state index contributed by atoms with van der Waals surface area (Å²) in [4.78, 5) is 30.5. The van der Waals surface area contributed by atoms with E-state index < -0.39 is 11.6 Å². The van der Waals surface area contributed by atoms with Crippen molar-refractivity contribution in [3.8, 4) is 11.3 Å². The van der Waals surface area contributed by atoms with Gasteiger partial charge >= 0.3 is 0 Å². The van der Waals surface area contributed by atoms with Crippen LogP contribution in [0.4, 0.5) is 14.7 Å². The molecule has 2 fully saturated rings. The Bertz CT molecular complexity index is 1180. The van der Waals surface area contributed by atoms with Gasteiger partial charge in [0.2, 0.25) is 5.95 Å². The average molecular weight is 435 g/mol. The van der Waals surface area contributed by atoms with Gasteiger partial charge in [-0.05, 0) is 56.7 Å². The fourth-order valence-electron chi connectivity index (χ4n) is 4.70. The average Bonchev–Trinajstić information content (AvgIpc) is 2.74. The van der Waals surface area contributed by atoms with Crippen LogP contribution in [0.2, 0.25) is 0 Å². The number of piperidine rings is 1. The third kappa shape index (κ3) is 3.59. The van der Waals surface area contributed by atoms with Gasteiger partial charge in [0.25, 0.3) is 5.91 Å². The molecule has 4 heterocycles. The number of aromatic nitrogens is 3. The number of anilines is 1. The molecule has 2 atom stereocenters. The molecule has 2 unspecified atom stereocenters. The molecule has 1 aromatic carbocycles. The van der Waals surface area contributed by atoms with Crippen LogP contribution >= 0.6 is 0 Å². The summed E-state index contributed by atoms with van der Waals surface area (Å²) in [6.45, 7) is 5.80. The second-order valence-corrected chi connectivity index (χ2v) is 8.49. The van der Waals surface area contributed by atoms with E-state index >= 15 is 0 Å².